The molecule has 2 saturated carbocycles. The smallest absolute Gasteiger partial charge is 0.242 e. The molecule has 6 nitrogen and oxygen atoms in total. The average molecular weight is 488 g/mol. The maximum Gasteiger partial charge on any atom is 0.242 e. The molecule has 0 aromatic rings. The summed E-state index contributed by atoms with van der Waals surface area (Å²) >= 11 is 0. The van der Waals surface area contributed by atoms with E-state index in [0.29, 0.717) is 13.0 Å². The molecule has 0 aliphatic heterocycles. The van der Waals surface area contributed by atoms with E-state index in [-0.39, 0.29) is 34.5 Å². The van der Waals surface area contributed by atoms with Crippen molar-refractivity contribution in [3.63, 3.8) is 0 Å². The molecule has 4 aliphatic carbocycles. The average Bonchev–Trinajstić information content (AvgIpc) is 3.01. The van der Waals surface area contributed by atoms with Crippen molar-refractivity contribution in [3.8, 4) is 0 Å². The van der Waals surface area contributed by atoms with Crippen LogP contribution < -0.4 is 0 Å². The summed E-state index contributed by atoms with van der Waals surface area (Å²) in [4.78, 5) is 16.6. The van der Waals surface area contributed by atoms with Crippen LogP contribution in [0.5, 0.6) is 0 Å². The monoisotopic (exact) mass is 487 g/mol. The molecule has 4 rings (SSSR count). The van der Waals surface area contributed by atoms with Gasteiger partial charge in [0.15, 0.2) is 6.29 Å². The zero-order valence-corrected chi connectivity index (χ0v) is 22.9. The largest absolute Gasteiger partial charge is 0.501 e. The van der Waals surface area contributed by atoms with Crippen molar-refractivity contribution in [2.24, 2.45) is 33.6 Å². The summed E-state index contributed by atoms with van der Waals surface area (Å²) in [6.45, 7) is 14.7. The fourth-order valence-corrected chi connectivity index (χ4v) is 8.68. The van der Waals surface area contributed by atoms with E-state index in [9.17, 15) is 9.90 Å². The molecule has 1 unspecified atom stereocenters. The minimum absolute atomic E-state index is 0.118. The first kappa shape index (κ1) is 26.6. The molecule has 4 aliphatic rings. The highest BCUT2D eigenvalue weighted by Crippen LogP contribution is 2.70. The summed E-state index contributed by atoms with van der Waals surface area (Å²) in [6.07, 6.45) is 9.08. The second-order valence-electron chi connectivity index (χ2n) is 11.8. The molecule has 0 heterocycles. The van der Waals surface area contributed by atoms with Crippen molar-refractivity contribution in [2.75, 3.05) is 13.7 Å². The molecule has 0 saturated heterocycles. The van der Waals surface area contributed by atoms with Crippen molar-refractivity contribution in [1.82, 2.24) is 0 Å². The number of carbonyl (C=O) groups is 1. The highest BCUT2D eigenvalue weighted by atomic mass is 16.7. The van der Waals surface area contributed by atoms with Crippen molar-refractivity contribution in [3.05, 3.63) is 23.5 Å². The van der Waals surface area contributed by atoms with Gasteiger partial charge in [0.2, 0.25) is 5.91 Å². The number of methoxy groups -OCH3 is 1. The van der Waals surface area contributed by atoms with E-state index in [1.54, 1.807) is 7.11 Å². The van der Waals surface area contributed by atoms with E-state index < -0.39 is 17.5 Å². The summed E-state index contributed by atoms with van der Waals surface area (Å²) < 4.78 is 18.2. The van der Waals surface area contributed by atoms with Gasteiger partial charge in [-0.05, 0) is 82.3 Å². The number of ether oxygens (including phenoxy) is 3. The van der Waals surface area contributed by atoms with Gasteiger partial charge in [0.25, 0.3) is 0 Å². The fourth-order valence-electron chi connectivity index (χ4n) is 8.68. The van der Waals surface area contributed by atoms with E-state index in [1.165, 1.54) is 12.5 Å². The van der Waals surface area contributed by atoms with Crippen LogP contribution in [0.1, 0.15) is 87.0 Å². The lowest BCUT2D eigenvalue weighted by molar-refractivity contribution is -0.242. The van der Waals surface area contributed by atoms with Crippen LogP contribution in [-0.4, -0.2) is 47.9 Å². The zero-order valence-electron chi connectivity index (χ0n) is 22.9. The molecule has 0 aromatic heterocycles. The third-order valence-electron chi connectivity index (χ3n) is 10.3. The van der Waals surface area contributed by atoms with Gasteiger partial charge in [-0.3, -0.25) is 4.79 Å². The number of hydrogen-bond donors (Lipinski definition) is 1. The van der Waals surface area contributed by atoms with E-state index in [2.05, 4.69) is 37.9 Å². The maximum atomic E-state index is 12.5. The minimum atomic E-state index is -0.788. The van der Waals surface area contributed by atoms with E-state index in [1.807, 2.05) is 20.8 Å². The van der Waals surface area contributed by atoms with Gasteiger partial charge in [-0.25, -0.2) is 4.99 Å². The lowest BCUT2D eigenvalue weighted by atomic mass is 9.45. The molecular weight excluding hydrogens is 442 g/mol. The normalized spacial score (nSPS) is 43.9. The Morgan fingerprint density at radius 1 is 1.23 bits per heavy atom. The second-order valence-corrected chi connectivity index (χ2v) is 11.8. The fraction of sp³-hybridized carbons (Fsp3) is 0.793. The van der Waals surface area contributed by atoms with Crippen molar-refractivity contribution in [1.29, 1.82) is 0 Å². The summed E-state index contributed by atoms with van der Waals surface area (Å²) in [6, 6.07) is 0. The highest BCUT2D eigenvalue weighted by molar-refractivity contribution is 6.00. The number of rotatable bonds is 6. The van der Waals surface area contributed by atoms with Crippen LogP contribution in [0.3, 0.4) is 0 Å². The van der Waals surface area contributed by atoms with Crippen LogP contribution in [0.25, 0.3) is 0 Å². The van der Waals surface area contributed by atoms with Crippen molar-refractivity contribution < 1.29 is 24.1 Å². The molecule has 0 aromatic carbocycles. The number of aliphatic imine (C=N–C) groups is 1. The van der Waals surface area contributed by atoms with Crippen molar-refractivity contribution >= 4 is 11.6 Å². The van der Waals surface area contributed by atoms with Gasteiger partial charge in [-0.2, -0.15) is 0 Å². The Morgan fingerprint density at radius 3 is 2.57 bits per heavy atom. The first-order valence-electron chi connectivity index (χ1n) is 13.4. The summed E-state index contributed by atoms with van der Waals surface area (Å²) in [5.74, 6) is 1.29. The lowest BCUT2D eigenvalue weighted by Gasteiger charge is -2.63. The first-order chi connectivity index (χ1) is 16.4. The second kappa shape index (κ2) is 9.11. The number of amides is 1. The predicted molar refractivity (Wildman–Crippen MR) is 137 cm³/mol. The Labute approximate surface area is 211 Å². The molecule has 0 radical (unpaired) electrons. The number of allylic oxidation sites excluding steroid dienone is 3. The number of aliphatic hydroxyl groups is 1. The standard InChI is InChI=1S/C29H45NO5/c1-9-34-21(5)35-29(19(3)30-20(4)31)18(2)16-25-24-11-10-22-17-23(33-8)12-13-26(22,6)28(24,32)15-14-27(25,29)7/h10,17-18,21,24-25,32H,9,11-16H2,1-8H3/b30-19-/t18-,21?,24-,25-,26-,27-,28+,29-/m0/s1. The molecule has 196 valence electrons. The van der Waals surface area contributed by atoms with Gasteiger partial charge in [0, 0.05) is 30.8 Å². The third-order valence-corrected chi connectivity index (χ3v) is 10.3. The highest BCUT2D eigenvalue weighted by Gasteiger charge is 2.72. The van der Waals surface area contributed by atoms with Crippen LogP contribution in [0.15, 0.2) is 28.5 Å². The number of nitrogens with zero attached hydrogens (tertiary/aromatic N) is 1. The number of carbonyl (C=O) groups excluding carboxylic acids is 1. The molecule has 35 heavy (non-hydrogen) atoms. The summed E-state index contributed by atoms with van der Waals surface area (Å²) in [7, 11) is 1.73. The SMILES string of the molecule is CCOC(C)O[C@]1(/C(C)=N\C(C)=O)[C@@H](C)C[C@H]2[C@@H]3CC=C4C=C(OC)CC[C@]4(C)[C@@]3(O)CC[C@@]21C. The Kier molecular flexibility index (Phi) is 6.91. The van der Waals surface area contributed by atoms with Gasteiger partial charge < -0.3 is 19.3 Å². The van der Waals surface area contributed by atoms with Crippen LogP contribution >= 0.6 is 0 Å². The Hall–Kier alpha value is -1.50. The van der Waals surface area contributed by atoms with Crippen molar-refractivity contribution in [2.45, 2.75) is 104 Å². The number of hydrogen-bond acceptors (Lipinski definition) is 5. The molecular formula is C29H45NO5. The van der Waals surface area contributed by atoms with Crippen LogP contribution in [0, 0.1) is 28.6 Å². The first-order valence-corrected chi connectivity index (χ1v) is 13.4. The predicted octanol–water partition coefficient (Wildman–Crippen LogP) is 5.60. The molecule has 0 bridgehead atoms. The molecule has 8 atom stereocenters. The van der Waals surface area contributed by atoms with Crippen LogP contribution in [-0.2, 0) is 19.0 Å². The lowest BCUT2D eigenvalue weighted by Crippen LogP contribution is -2.66. The third kappa shape index (κ3) is 3.69. The Morgan fingerprint density at radius 2 is 1.94 bits per heavy atom. The molecule has 6 heteroatoms. The summed E-state index contributed by atoms with van der Waals surface area (Å²) in [5.41, 5.74) is -0.125. The van der Waals surface area contributed by atoms with Crippen LogP contribution in [0.4, 0.5) is 0 Å². The quantitative estimate of drug-likeness (QED) is 0.390. The van der Waals surface area contributed by atoms with Gasteiger partial charge >= 0.3 is 0 Å². The van der Waals surface area contributed by atoms with Crippen LogP contribution in [0.2, 0.25) is 0 Å². The van der Waals surface area contributed by atoms with Gasteiger partial charge in [-0.15, -0.1) is 0 Å². The zero-order chi connectivity index (χ0) is 25.8. The molecule has 1 amide bonds. The molecule has 2 fully saturated rings. The minimum Gasteiger partial charge on any atom is -0.501 e. The molecule has 0 spiro atoms. The Balaban J connectivity index is 1.80. The van der Waals surface area contributed by atoms with Gasteiger partial charge in [0.1, 0.15) is 5.60 Å². The van der Waals surface area contributed by atoms with Gasteiger partial charge in [-0.1, -0.05) is 26.8 Å². The maximum absolute atomic E-state index is 12.5. The topological polar surface area (TPSA) is 77.4 Å². The Bertz CT molecular complexity index is 955. The number of fused-ring (bicyclic) bond motifs is 5. The van der Waals surface area contributed by atoms with E-state index >= 15 is 0 Å². The molecule has 1 N–H and O–H groups in total. The summed E-state index contributed by atoms with van der Waals surface area (Å²) in [5, 5.41) is 12.5. The van der Waals surface area contributed by atoms with Gasteiger partial charge in [0.05, 0.1) is 24.2 Å². The van der Waals surface area contributed by atoms with E-state index in [0.717, 1.165) is 43.6 Å². The van der Waals surface area contributed by atoms with E-state index in [4.69, 9.17) is 14.2 Å².